The molecule has 0 atom stereocenters. The van der Waals surface area contributed by atoms with Gasteiger partial charge < -0.3 is 15.4 Å². The van der Waals surface area contributed by atoms with E-state index >= 15 is 0 Å². The Bertz CT molecular complexity index is 591. The molecule has 106 valence electrons. The van der Waals surface area contributed by atoms with Crippen LogP contribution in [0.5, 0.6) is 5.75 Å². The third kappa shape index (κ3) is 3.24. The molecule has 8 heteroatoms. The number of hydrogen-bond acceptors (Lipinski definition) is 6. The number of ether oxygens (including phenoxy) is 1. The monoisotopic (exact) mass is 312 g/mol. The first-order valence-corrected chi connectivity index (χ1v) is 6.71. The highest BCUT2D eigenvalue weighted by Gasteiger charge is 2.12. The second-order valence-electron chi connectivity index (χ2n) is 4.09. The van der Waals surface area contributed by atoms with E-state index in [9.17, 15) is 4.79 Å². The standard InChI is InChI=1S/C12H12N4O2S.ClH/c17-12(10-7-19-16-15-10)14-9-1-2-11-8(5-9)6-13-3-4-18-11;/h1-2,5,7,13H,3-4,6H2,(H,14,17);1H. The number of amides is 1. The number of carbonyl (C=O) groups is 1. The molecule has 0 saturated carbocycles. The van der Waals surface area contributed by atoms with E-state index in [0.717, 1.165) is 41.6 Å². The first kappa shape index (κ1) is 14.7. The first-order valence-electron chi connectivity index (χ1n) is 5.88. The Morgan fingerprint density at radius 2 is 2.35 bits per heavy atom. The summed E-state index contributed by atoms with van der Waals surface area (Å²) in [4.78, 5) is 11.9. The molecule has 20 heavy (non-hydrogen) atoms. The van der Waals surface area contributed by atoms with Crippen molar-refractivity contribution >= 4 is 35.5 Å². The van der Waals surface area contributed by atoms with Gasteiger partial charge in [0.25, 0.3) is 5.91 Å². The van der Waals surface area contributed by atoms with Crippen molar-refractivity contribution in [1.82, 2.24) is 14.9 Å². The van der Waals surface area contributed by atoms with E-state index in [-0.39, 0.29) is 18.3 Å². The Balaban J connectivity index is 0.00000147. The topological polar surface area (TPSA) is 76.1 Å². The number of nitrogens with one attached hydrogen (secondary N) is 2. The molecule has 6 nitrogen and oxygen atoms in total. The van der Waals surface area contributed by atoms with Crippen molar-refractivity contribution in [2.24, 2.45) is 0 Å². The lowest BCUT2D eigenvalue weighted by molar-refractivity contribution is 0.102. The van der Waals surface area contributed by atoms with Crippen LogP contribution in [0.1, 0.15) is 16.1 Å². The fourth-order valence-electron chi connectivity index (χ4n) is 1.85. The maximum atomic E-state index is 11.9. The zero-order chi connectivity index (χ0) is 13.1. The van der Waals surface area contributed by atoms with E-state index in [1.807, 2.05) is 18.2 Å². The molecule has 0 saturated heterocycles. The average molecular weight is 313 g/mol. The normalized spacial score (nSPS) is 13.4. The fourth-order valence-corrected chi connectivity index (χ4v) is 2.29. The van der Waals surface area contributed by atoms with Crippen LogP contribution in [0.3, 0.4) is 0 Å². The predicted molar refractivity (Wildman–Crippen MR) is 78.8 cm³/mol. The van der Waals surface area contributed by atoms with Gasteiger partial charge in [-0.1, -0.05) is 4.49 Å². The van der Waals surface area contributed by atoms with Crippen molar-refractivity contribution < 1.29 is 9.53 Å². The van der Waals surface area contributed by atoms with Gasteiger partial charge in [0.05, 0.1) is 0 Å². The average Bonchev–Trinajstić information content (AvgIpc) is 2.85. The minimum atomic E-state index is -0.254. The highest BCUT2D eigenvalue weighted by atomic mass is 35.5. The van der Waals surface area contributed by atoms with Crippen molar-refractivity contribution in [2.45, 2.75) is 6.54 Å². The van der Waals surface area contributed by atoms with Crippen molar-refractivity contribution in [3.8, 4) is 5.75 Å². The summed E-state index contributed by atoms with van der Waals surface area (Å²) in [5.74, 6) is 0.606. The van der Waals surface area contributed by atoms with E-state index in [4.69, 9.17) is 4.74 Å². The Morgan fingerprint density at radius 1 is 1.45 bits per heavy atom. The van der Waals surface area contributed by atoms with Gasteiger partial charge in [-0.05, 0) is 29.7 Å². The number of benzene rings is 1. The van der Waals surface area contributed by atoms with Gasteiger partial charge in [-0.2, -0.15) is 0 Å². The number of anilines is 1. The Labute approximate surface area is 126 Å². The molecule has 2 heterocycles. The minimum absolute atomic E-state index is 0. The van der Waals surface area contributed by atoms with Gasteiger partial charge in [0.1, 0.15) is 12.4 Å². The Hall–Kier alpha value is -1.70. The summed E-state index contributed by atoms with van der Waals surface area (Å²) in [7, 11) is 0. The lowest BCUT2D eigenvalue weighted by Gasteiger charge is -2.09. The molecule has 0 unspecified atom stereocenters. The highest BCUT2D eigenvalue weighted by Crippen LogP contribution is 2.24. The Kier molecular flexibility index (Phi) is 4.89. The second-order valence-corrected chi connectivity index (χ2v) is 4.70. The number of hydrogen-bond donors (Lipinski definition) is 2. The molecule has 1 aromatic carbocycles. The van der Waals surface area contributed by atoms with Gasteiger partial charge in [0.2, 0.25) is 0 Å². The van der Waals surface area contributed by atoms with Gasteiger partial charge in [0, 0.05) is 29.7 Å². The SMILES string of the molecule is Cl.O=C(Nc1ccc2c(c1)CNCCO2)c1csnn1. The maximum Gasteiger partial charge on any atom is 0.277 e. The molecule has 2 N–H and O–H groups in total. The van der Waals surface area contributed by atoms with E-state index in [0.29, 0.717) is 12.3 Å². The van der Waals surface area contributed by atoms with E-state index in [2.05, 4.69) is 20.2 Å². The molecule has 2 aromatic rings. The molecule has 3 rings (SSSR count). The summed E-state index contributed by atoms with van der Waals surface area (Å²) >= 11 is 1.15. The number of rotatable bonds is 2. The van der Waals surface area contributed by atoms with Crippen LogP contribution in [0.2, 0.25) is 0 Å². The summed E-state index contributed by atoms with van der Waals surface area (Å²) in [5.41, 5.74) is 2.09. The first-order chi connectivity index (χ1) is 9.33. The molecule has 1 aliphatic heterocycles. The molecule has 1 amide bonds. The number of nitrogens with zero attached hydrogens (tertiary/aromatic N) is 2. The zero-order valence-corrected chi connectivity index (χ0v) is 12.1. The third-order valence-electron chi connectivity index (χ3n) is 2.76. The molecule has 0 fully saturated rings. The lowest BCUT2D eigenvalue weighted by Crippen LogP contribution is -2.16. The van der Waals surface area contributed by atoms with Crippen LogP contribution in [0.25, 0.3) is 0 Å². The number of fused-ring (bicyclic) bond motifs is 1. The van der Waals surface area contributed by atoms with Crippen molar-refractivity contribution in [3.05, 3.63) is 34.8 Å². The third-order valence-corrected chi connectivity index (χ3v) is 3.27. The lowest BCUT2D eigenvalue weighted by atomic mass is 10.1. The molecule has 1 aromatic heterocycles. The summed E-state index contributed by atoms with van der Waals surface area (Å²) in [5, 5.41) is 11.4. The number of aromatic nitrogens is 2. The number of halogens is 1. The summed E-state index contributed by atoms with van der Waals surface area (Å²) in [6.07, 6.45) is 0. The predicted octanol–water partition coefficient (Wildman–Crippen LogP) is 1.69. The summed E-state index contributed by atoms with van der Waals surface area (Å²) < 4.78 is 9.25. The number of carbonyl (C=O) groups excluding carboxylic acids is 1. The molecule has 0 aliphatic carbocycles. The van der Waals surface area contributed by atoms with Gasteiger partial charge in [-0.15, -0.1) is 17.5 Å². The molecule has 1 aliphatic rings. The van der Waals surface area contributed by atoms with Crippen LogP contribution in [0.4, 0.5) is 5.69 Å². The molecule has 0 spiro atoms. The van der Waals surface area contributed by atoms with Crippen LogP contribution in [-0.2, 0) is 6.54 Å². The molecular weight excluding hydrogens is 300 g/mol. The van der Waals surface area contributed by atoms with Crippen LogP contribution in [0, 0.1) is 0 Å². The van der Waals surface area contributed by atoms with E-state index in [1.165, 1.54) is 0 Å². The minimum Gasteiger partial charge on any atom is -0.492 e. The smallest absolute Gasteiger partial charge is 0.277 e. The highest BCUT2D eigenvalue weighted by molar-refractivity contribution is 7.03. The fraction of sp³-hybridized carbons (Fsp3) is 0.250. The summed E-state index contributed by atoms with van der Waals surface area (Å²) in [6.45, 7) is 2.21. The summed E-state index contributed by atoms with van der Waals surface area (Å²) in [6, 6.07) is 5.60. The van der Waals surface area contributed by atoms with Crippen LogP contribution < -0.4 is 15.4 Å². The van der Waals surface area contributed by atoms with Crippen LogP contribution in [0.15, 0.2) is 23.6 Å². The van der Waals surface area contributed by atoms with Crippen molar-refractivity contribution in [1.29, 1.82) is 0 Å². The van der Waals surface area contributed by atoms with Crippen LogP contribution in [-0.4, -0.2) is 28.6 Å². The van der Waals surface area contributed by atoms with Gasteiger partial charge in [-0.25, -0.2) is 0 Å². The Morgan fingerprint density at radius 3 is 3.15 bits per heavy atom. The quantitative estimate of drug-likeness (QED) is 0.882. The van der Waals surface area contributed by atoms with E-state index in [1.54, 1.807) is 5.38 Å². The van der Waals surface area contributed by atoms with Gasteiger partial charge in [0.15, 0.2) is 5.69 Å². The molecule has 0 radical (unpaired) electrons. The van der Waals surface area contributed by atoms with Crippen molar-refractivity contribution in [3.63, 3.8) is 0 Å². The molecular formula is C12H13ClN4O2S. The maximum absolute atomic E-state index is 11.9. The largest absolute Gasteiger partial charge is 0.492 e. The van der Waals surface area contributed by atoms with E-state index < -0.39 is 0 Å². The van der Waals surface area contributed by atoms with Crippen LogP contribution >= 0.6 is 23.9 Å². The second kappa shape index (κ2) is 6.65. The zero-order valence-electron chi connectivity index (χ0n) is 10.5. The van der Waals surface area contributed by atoms with Crippen molar-refractivity contribution in [2.75, 3.05) is 18.5 Å². The van der Waals surface area contributed by atoms with Gasteiger partial charge >= 0.3 is 0 Å². The molecule has 0 bridgehead atoms. The van der Waals surface area contributed by atoms with Gasteiger partial charge in [-0.3, -0.25) is 4.79 Å².